The zero-order valence-electron chi connectivity index (χ0n) is 9.44. The van der Waals surface area contributed by atoms with Crippen LogP contribution in [0.4, 0.5) is 4.39 Å². The van der Waals surface area contributed by atoms with Crippen LogP contribution in [-0.4, -0.2) is 0 Å². The lowest BCUT2D eigenvalue weighted by molar-refractivity contribution is 0.522. The van der Waals surface area contributed by atoms with Crippen LogP contribution < -0.4 is 0 Å². The van der Waals surface area contributed by atoms with Crippen LogP contribution in [0.3, 0.4) is 0 Å². The third-order valence-electron chi connectivity index (χ3n) is 3.42. The molecule has 0 fully saturated rings. The minimum atomic E-state index is -0.00187. The number of hydrogen-bond donors (Lipinski definition) is 0. The molecule has 0 N–H and O–H groups in total. The van der Waals surface area contributed by atoms with Gasteiger partial charge in [0.05, 0.1) is 0 Å². The summed E-state index contributed by atoms with van der Waals surface area (Å²) in [5, 5.41) is 0. The summed E-state index contributed by atoms with van der Waals surface area (Å²) in [5.41, 5.74) is 3.04. The van der Waals surface area contributed by atoms with Gasteiger partial charge in [0.15, 0.2) is 0 Å². The third kappa shape index (κ3) is 1.60. The number of halogens is 1. The SMILES string of the molecule is C=CCc1ccc2c(c1F)CCC2(C)C. The zero-order valence-corrected chi connectivity index (χ0v) is 9.44. The van der Waals surface area contributed by atoms with E-state index in [0.29, 0.717) is 6.42 Å². The Hall–Kier alpha value is -1.11. The third-order valence-corrected chi connectivity index (χ3v) is 3.42. The lowest BCUT2D eigenvalue weighted by Crippen LogP contribution is -2.12. The number of fused-ring (bicyclic) bond motifs is 1. The molecule has 0 saturated carbocycles. The smallest absolute Gasteiger partial charge is 0.130 e. The Balaban J connectivity index is 2.52. The van der Waals surface area contributed by atoms with Crippen molar-refractivity contribution in [2.75, 3.05) is 0 Å². The molecule has 0 aromatic heterocycles. The van der Waals surface area contributed by atoms with Gasteiger partial charge in [-0.25, -0.2) is 4.39 Å². The molecule has 80 valence electrons. The van der Waals surface area contributed by atoms with E-state index in [2.05, 4.69) is 26.5 Å². The van der Waals surface area contributed by atoms with E-state index in [9.17, 15) is 4.39 Å². The van der Waals surface area contributed by atoms with Gasteiger partial charge in [-0.15, -0.1) is 6.58 Å². The average molecular weight is 204 g/mol. The van der Waals surface area contributed by atoms with Gasteiger partial charge in [-0.1, -0.05) is 32.1 Å². The molecule has 0 nitrogen and oxygen atoms in total. The Kier molecular flexibility index (Phi) is 2.41. The van der Waals surface area contributed by atoms with Crippen molar-refractivity contribution in [3.8, 4) is 0 Å². The Morgan fingerprint density at radius 3 is 2.87 bits per heavy atom. The van der Waals surface area contributed by atoms with Crippen LogP contribution in [0.5, 0.6) is 0 Å². The van der Waals surface area contributed by atoms with Crippen LogP contribution in [0.1, 0.15) is 37.0 Å². The summed E-state index contributed by atoms with van der Waals surface area (Å²) >= 11 is 0. The highest BCUT2D eigenvalue weighted by atomic mass is 19.1. The molecule has 1 aromatic carbocycles. The second-order valence-electron chi connectivity index (χ2n) is 4.94. The van der Waals surface area contributed by atoms with Crippen molar-refractivity contribution in [2.24, 2.45) is 0 Å². The fourth-order valence-electron chi connectivity index (χ4n) is 2.43. The van der Waals surface area contributed by atoms with Crippen molar-refractivity contribution < 1.29 is 4.39 Å². The molecule has 0 radical (unpaired) electrons. The summed E-state index contributed by atoms with van der Waals surface area (Å²) in [6.45, 7) is 8.02. The Morgan fingerprint density at radius 2 is 2.20 bits per heavy atom. The molecule has 2 rings (SSSR count). The van der Waals surface area contributed by atoms with E-state index in [0.717, 1.165) is 24.0 Å². The molecule has 0 amide bonds. The molecule has 1 aliphatic carbocycles. The first-order valence-corrected chi connectivity index (χ1v) is 5.48. The monoisotopic (exact) mass is 204 g/mol. The van der Waals surface area contributed by atoms with Crippen LogP contribution in [0.25, 0.3) is 0 Å². The quantitative estimate of drug-likeness (QED) is 0.643. The molecule has 15 heavy (non-hydrogen) atoms. The second kappa shape index (κ2) is 3.48. The molecular weight excluding hydrogens is 187 g/mol. The van der Waals surface area contributed by atoms with Gasteiger partial charge in [-0.05, 0) is 41.4 Å². The highest BCUT2D eigenvalue weighted by molar-refractivity contribution is 5.42. The van der Waals surface area contributed by atoms with Crippen molar-refractivity contribution in [1.29, 1.82) is 0 Å². The van der Waals surface area contributed by atoms with Gasteiger partial charge in [0, 0.05) is 0 Å². The number of hydrogen-bond acceptors (Lipinski definition) is 0. The molecule has 1 heteroatoms. The predicted octanol–water partition coefficient (Wildman–Crippen LogP) is 3.78. The summed E-state index contributed by atoms with van der Waals surface area (Å²) in [4.78, 5) is 0. The molecule has 0 saturated heterocycles. The number of rotatable bonds is 2. The highest BCUT2D eigenvalue weighted by Gasteiger charge is 2.32. The molecule has 1 aromatic rings. The van der Waals surface area contributed by atoms with Crippen molar-refractivity contribution in [2.45, 2.75) is 38.5 Å². The maximum Gasteiger partial charge on any atom is 0.130 e. The molecule has 0 heterocycles. The van der Waals surface area contributed by atoms with Crippen LogP contribution in [0.2, 0.25) is 0 Å². The summed E-state index contributed by atoms with van der Waals surface area (Å²) in [5.74, 6) is -0.00187. The molecule has 0 bridgehead atoms. The van der Waals surface area contributed by atoms with E-state index in [1.165, 1.54) is 5.56 Å². The summed E-state index contributed by atoms with van der Waals surface area (Å²) in [6, 6.07) is 3.99. The van der Waals surface area contributed by atoms with E-state index in [-0.39, 0.29) is 11.2 Å². The van der Waals surface area contributed by atoms with Gasteiger partial charge < -0.3 is 0 Å². The first kappa shape index (κ1) is 10.4. The molecule has 0 spiro atoms. The zero-order chi connectivity index (χ0) is 11.1. The fraction of sp³-hybridized carbons (Fsp3) is 0.429. The van der Waals surface area contributed by atoms with E-state index in [1.807, 2.05) is 6.07 Å². The lowest BCUT2D eigenvalue weighted by atomic mass is 9.86. The largest absolute Gasteiger partial charge is 0.206 e. The van der Waals surface area contributed by atoms with Crippen LogP contribution >= 0.6 is 0 Å². The van der Waals surface area contributed by atoms with Gasteiger partial charge in [0.1, 0.15) is 5.82 Å². The number of benzene rings is 1. The molecule has 1 aliphatic rings. The fourth-order valence-corrected chi connectivity index (χ4v) is 2.43. The van der Waals surface area contributed by atoms with Gasteiger partial charge in [0.25, 0.3) is 0 Å². The lowest BCUT2D eigenvalue weighted by Gasteiger charge is -2.19. The number of allylic oxidation sites excluding steroid dienone is 1. The van der Waals surface area contributed by atoms with Crippen LogP contribution in [-0.2, 0) is 18.3 Å². The summed E-state index contributed by atoms with van der Waals surface area (Å²) in [6.07, 6.45) is 4.31. The minimum Gasteiger partial charge on any atom is -0.206 e. The van der Waals surface area contributed by atoms with Crippen molar-refractivity contribution >= 4 is 0 Å². The molecule has 0 atom stereocenters. The predicted molar refractivity (Wildman–Crippen MR) is 61.6 cm³/mol. The van der Waals surface area contributed by atoms with Gasteiger partial charge in [0.2, 0.25) is 0 Å². The summed E-state index contributed by atoms with van der Waals surface area (Å²) in [7, 11) is 0. The first-order valence-electron chi connectivity index (χ1n) is 5.48. The minimum absolute atomic E-state index is 0.00187. The van der Waals surface area contributed by atoms with E-state index < -0.39 is 0 Å². The molecule has 0 aliphatic heterocycles. The van der Waals surface area contributed by atoms with E-state index in [1.54, 1.807) is 6.08 Å². The standard InChI is InChI=1S/C14H17F/c1-4-5-10-6-7-12-11(13(10)15)8-9-14(12,2)3/h4,6-7H,1,5,8-9H2,2-3H3. The van der Waals surface area contributed by atoms with Crippen molar-refractivity contribution in [1.82, 2.24) is 0 Å². The van der Waals surface area contributed by atoms with E-state index >= 15 is 0 Å². The Bertz CT molecular complexity index is 402. The molecule has 0 unspecified atom stereocenters. The highest BCUT2D eigenvalue weighted by Crippen LogP contribution is 2.40. The topological polar surface area (TPSA) is 0 Å². The average Bonchev–Trinajstić information content (AvgIpc) is 2.48. The normalized spacial score (nSPS) is 17.5. The van der Waals surface area contributed by atoms with Crippen LogP contribution in [0.15, 0.2) is 24.8 Å². The molecular formula is C14H17F. The Morgan fingerprint density at radius 1 is 1.47 bits per heavy atom. The van der Waals surface area contributed by atoms with E-state index in [4.69, 9.17) is 0 Å². The maximum atomic E-state index is 14.1. The Labute approximate surface area is 90.8 Å². The first-order chi connectivity index (χ1) is 7.06. The van der Waals surface area contributed by atoms with Crippen molar-refractivity contribution in [3.05, 3.63) is 47.3 Å². The maximum absolute atomic E-state index is 14.1. The van der Waals surface area contributed by atoms with Crippen LogP contribution in [0, 0.1) is 5.82 Å². The van der Waals surface area contributed by atoms with Gasteiger partial charge >= 0.3 is 0 Å². The van der Waals surface area contributed by atoms with Crippen molar-refractivity contribution in [3.63, 3.8) is 0 Å². The van der Waals surface area contributed by atoms with Gasteiger partial charge in [-0.2, -0.15) is 0 Å². The van der Waals surface area contributed by atoms with Gasteiger partial charge in [-0.3, -0.25) is 0 Å². The summed E-state index contributed by atoms with van der Waals surface area (Å²) < 4.78 is 14.1. The second-order valence-corrected chi connectivity index (χ2v) is 4.94.